The molecule has 4 nitrogen and oxygen atoms in total. The summed E-state index contributed by atoms with van der Waals surface area (Å²) in [6.07, 6.45) is 0.719. The fourth-order valence-corrected chi connectivity index (χ4v) is 2.84. The summed E-state index contributed by atoms with van der Waals surface area (Å²) < 4.78 is 3.83. The molecule has 0 saturated heterocycles. The summed E-state index contributed by atoms with van der Waals surface area (Å²) in [5.74, 6) is 0.0209. The molecule has 0 N–H and O–H groups in total. The van der Waals surface area contributed by atoms with Gasteiger partial charge in [0.25, 0.3) is 0 Å². The molecule has 2 rings (SSSR count). The Morgan fingerprint density at radius 2 is 1.79 bits per heavy atom. The van der Waals surface area contributed by atoms with E-state index in [1.54, 1.807) is 29.3 Å². The molecule has 0 radical (unpaired) electrons. The fourth-order valence-electron chi connectivity index (χ4n) is 2.06. The maximum Gasteiger partial charge on any atom is 0.328 e. The first-order valence-corrected chi connectivity index (χ1v) is 7.62. The Morgan fingerprint density at radius 3 is 2.32 bits per heavy atom. The molecule has 0 spiro atoms. The average molecular weight is 390 g/mol. The van der Waals surface area contributed by atoms with Gasteiger partial charge in [0.05, 0.1) is 15.9 Å². The highest BCUT2D eigenvalue weighted by Crippen LogP contribution is 2.26. The summed E-state index contributed by atoms with van der Waals surface area (Å²) in [4.78, 5) is 24.0. The number of Topliss-reactive ketones (excluding diaryl/α,β-unsaturated/α-hetero) is 1. The van der Waals surface area contributed by atoms with E-state index in [1.165, 1.54) is 0 Å². The number of aryl methyl sites for hydroxylation is 2. The van der Waals surface area contributed by atoms with E-state index in [4.69, 9.17) is 0 Å². The van der Waals surface area contributed by atoms with Crippen LogP contribution >= 0.6 is 31.9 Å². The minimum atomic E-state index is -0.206. The van der Waals surface area contributed by atoms with Crippen LogP contribution in [0.1, 0.15) is 23.7 Å². The molecule has 0 fully saturated rings. The first kappa shape index (κ1) is 14.5. The number of ketones is 1. The lowest BCUT2D eigenvalue weighted by Crippen LogP contribution is -2.19. The molecule has 0 bridgehead atoms. The third-order valence-electron chi connectivity index (χ3n) is 3.27. The van der Waals surface area contributed by atoms with E-state index >= 15 is 0 Å². The van der Waals surface area contributed by atoms with Gasteiger partial charge in [0.2, 0.25) is 0 Å². The summed E-state index contributed by atoms with van der Waals surface area (Å²) in [6.45, 7) is 1.95. The van der Waals surface area contributed by atoms with Crippen LogP contribution in [0.4, 0.5) is 0 Å². The molecule has 1 aromatic heterocycles. The van der Waals surface area contributed by atoms with Gasteiger partial charge in [0, 0.05) is 24.1 Å². The van der Waals surface area contributed by atoms with Crippen LogP contribution in [0, 0.1) is 0 Å². The first-order chi connectivity index (χ1) is 8.88. The van der Waals surface area contributed by atoms with E-state index in [1.807, 2.05) is 13.0 Å². The Balaban J connectivity index is 2.72. The van der Waals surface area contributed by atoms with Crippen LogP contribution in [0.5, 0.6) is 0 Å². The predicted octanol–water partition coefficient (Wildman–Crippen LogP) is 3.00. The van der Waals surface area contributed by atoms with Crippen LogP contribution in [-0.2, 0) is 14.1 Å². The molecule has 0 aliphatic heterocycles. The van der Waals surface area contributed by atoms with E-state index in [0.717, 1.165) is 17.5 Å². The maximum absolute atomic E-state index is 12.3. The number of fused-ring (bicyclic) bond motifs is 1. The van der Waals surface area contributed by atoms with Crippen molar-refractivity contribution in [2.45, 2.75) is 18.2 Å². The van der Waals surface area contributed by atoms with E-state index in [2.05, 4.69) is 31.9 Å². The second kappa shape index (κ2) is 5.25. The normalized spacial score (nSPS) is 12.9. The van der Waals surface area contributed by atoms with Crippen LogP contribution in [0.2, 0.25) is 0 Å². The van der Waals surface area contributed by atoms with Gasteiger partial charge in [-0.05, 0) is 34.5 Å². The third kappa shape index (κ3) is 2.31. The standard InChI is InChI=1S/C13H14Br2N2O2/c1-4-8(14)12(18)7-5-10-11(6-9(7)15)17(3)13(19)16(10)2/h5-6,8H,4H2,1-3H3. The topological polar surface area (TPSA) is 44.0 Å². The zero-order chi connectivity index (χ0) is 14.3. The fraction of sp³-hybridized carbons (Fsp3) is 0.385. The van der Waals surface area contributed by atoms with E-state index in [9.17, 15) is 9.59 Å². The molecule has 0 aliphatic carbocycles. The van der Waals surface area contributed by atoms with Crippen molar-refractivity contribution < 1.29 is 4.79 Å². The van der Waals surface area contributed by atoms with Crippen molar-refractivity contribution in [2.75, 3.05) is 0 Å². The van der Waals surface area contributed by atoms with Gasteiger partial charge < -0.3 is 0 Å². The van der Waals surface area contributed by atoms with E-state index in [0.29, 0.717) is 10.0 Å². The summed E-state index contributed by atoms with van der Waals surface area (Å²) in [6, 6.07) is 3.59. The molecule has 1 aromatic carbocycles. The molecule has 1 heterocycles. The number of carbonyl (C=O) groups is 1. The summed E-state index contributed by atoms with van der Waals surface area (Å²) >= 11 is 6.79. The maximum atomic E-state index is 12.3. The molecule has 0 saturated carbocycles. The van der Waals surface area contributed by atoms with Crippen molar-refractivity contribution in [2.24, 2.45) is 14.1 Å². The number of benzene rings is 1. The van der Waals surface area contributed by atoms with Crippen LogP contribution in [-0.4, -0.2) is 19.7 Å². The minimum absolute atomic E-state index is 0.0209. The molecule has 1 unspecified atom stereocenters. The van der Waals surface area contributed by atoms with Crippen molar-refractivity contribution in [3.05, 3.63) is 32.7 Å². The zero-order valence-electron chi connectivity index (χ0n) is 10.9. The molecule has 102 valence electrons. The van der Waals surface area contributed by atoms with Crippen molar-refractivity contribution in [3.63, 3.8) is 0 Å². The zero-order valence-corrected chi connectivity index (χ0v) is 14.1. The van der Waals surface area contributed by atoms with Gasteiger partial charge in [0.1, 0.15) is 0 Å². The Morgan fingerprint density at radius 1 is 1.26 bits per heavy atom. The van der Waals surface area contributed by atoms with Crippen LogP contribution in [0.15, 0.2) is 21.4 Å². The largest absolute Gasteiger partial charge is 0.328 e. The Bertz CT molecular complexity index is 715. The highest BCUT2D eigenvalue weighted by Gasteiger charge is 2.20. The molecule has 1 atom stereocenters. The number of rotatable bonds is 3. The number of carbonyl (C=O) groups excluding carboxylic acids is 1. The van der Waals surface area contributed by atoms with Gasteiger partial charge in [0.15, 0.2) is 5.78 Å². The molecule has 0 amide bonds. The van der Waals surface area contributed by atoms with Crippen molar-refractivity contribution in [1.82, 2.24) is 9.13 Å². The van der Waals surface area contributed by atoms with Gasteiger partial charge in [-0.3, -0.25) is 13.9 Å². The quantitative estimate of drug-likeness (QED) is 0.598. The first-order valence-electron chi connectivity index (χ1n) is 5.91. The van der Waals surface area contributed by atoms with Gasteiger partial charge in [-0.2, -0.15) is 0 Å². The second-order valence-electron chi connectivity index (χ2n) is 4.46. The number of alkyl halides is 1. The lowest BCUT2D eigenvalue weighted by molar-refractivity contribution is 0.0989. The van der Waals surface area contributed by atoms with Gasteiger partial charge in [-0.1, -0.05) is 22.9 Å². The highest BCUT2D eigenvalue weighted by atomic mass is 79.9. The summed E-state index contributed by atoms with van der Waals surface area (Å²) in [5, 5.41) is 0. The second-order valence-corrected chi connectivity index (χ2v) is 6.42. The number of imidazole rings is 1. The average Bonchev–Trinajstić information content (AvgIpc) is 2.61. The Kier molecular flexibility index (Phi) is 4.01. The monoisotopic (exact) mass is 388 g/mol. The predicted molar refractivity (Wildman–Crippen MR) is 83.2 cm³/mol. The Hall–Kier alpha value is -0.880. The number of aromatic nitrogens is 2. The van der Waals surface area contributed by atoms with Gasteiger partial charge >= 0.3 is 5.69 Å². The summed E-state index contributed by atoms with van der Waals surface area (Å²) in [5.41, 5.74) is 2.06. The third-order valence-corrected chi connectivity index (χ3v) is 4.99. The molecule has 2 aromatic rings. The van der Waals surface area contributed by atoms with Crippen molar-refractivity contribution in [3.8, 4) is 0 Å². The number of nitrogens with zero attached hydrogens (tertiary/aromatic N) is 2. The molecular formula is C13H14Br2N2O2. The number of halogens is 2. The highest BCUT2D eigenvalue weighted by molar-refractivity contribution is 9.10. The van der Waals surface area contributed by atoms with Crippen molar-refractivity contribution in [1.29, 1.82) is 0 Å². The molecule has 0 aliphatic rings. The molecule has 6 heteroatoms. The lowest BCUT2D eigenvalue weighted by atomic mass is 10.1. The van der Waals surface area contributed by atoms with E-state index in [-0.39, 0.29) is 16.3 Å². The number of hydrogen-bond acceptors (Lipinski definition) is 2. The molecular weight excluding hydrogens is 376 g/mol. The summed E-state index contributed by atoms with van der Waals surface area (Å²) in [7, 11) is 3.43. The van der Waals surface area contributed by atoms with Gasteiger partial charge in [-0.25, -0.2) is 4.79 Å². The van der Waals surface area contributed by atoms with Crippen molar-refractivity contribution >= 4 is 48.7 Å². The van der Waals surface area contributed by atoms with Crippen LogP contribution < -0.4 is 5.69 Å². The smallest absolute Gasteiger partial charge is 0.295 e. The van der Waals surface area contributed by atoms with Crippen LogP contribution in [0.25, 0.3) is 11.0 Å². The van der Waals surface area contributed by atoms with E-state index < -0.39 is 0 Å². The SMILES string of the molecule is CCC(Br)C(=O)c1cc2c(cc1Br)n(C)c(=O)n2C. The number of hydrogen-bond donors (Lipinski definition) is 0. The van der Waals surface area contributed by atoms with Gasteiger partial charge in [-0.15, -0.1) is 0 Å². The minimum Gasteiger partial charge on any atom is -0.295 e. The molecule has 19 heavy (non-hydrogen) atoms. The Labute approximate surface area is 127 Å². The van der Waals surface area contributed by atoms with Crippen LogP contribution in [0.3, 0.4) is 0 Å². The lowest BCUT2D eigenvalue weighted by Gasteiger charge is -2.09.